The number of hydrogen-bond acceptors (Lipinski definition) is 6. The zero-order valence-corrected chi connectivity index (χ0v) is 22.4. The van der Waals surface area contributed by atoms with Gasteiger partial charge in [0, 0.05) is 30.3 Å². The number of pyridine rings is 1. The van der Waals surface area contributed by atoms with E-state index in [1.807, 2.05) is 0 Å². The summed E-state index contributed by atoms with van der Waals surface area (Å²) in [5, 5.41) is 24.5. The van der Waals surface area contributed by atoms with Crippen LogP contribution in [-0.2, 0) is 16.0 Å². The minimum atomic E-state index is -1.31. The highest BCUT2D eigenvalue weighted by atomic mass is 35.5. The molecule has 3 aromatic rings. The van der Waals surface area contributed by atoms with Crippen molar-refractivity contribution in [2.24, 2.45) is 0 Å². The molecule has 1 saturated heterocycles. The number of anilines is 1. The fourth-order valence-corrected chi connectivity index (χ4v) is 6.06. The number of aromatic nitrogens is 1. The first-order chi connectivity index (χ1) is 18.7. The molecule has 0 bridgehead atoms. The Hall–Kier alpha value is -3.80. The smallest absolute Gasteiger partial charge is 0.409 e. The number of carboxylic acid groups (broad SMARTS) is 2. The molecule has 2 aromatic carbocycles. The lowest BCUT2D eigenvalue weighted by atomic mass is 10.0. The van der Waals surface area contributed by atoms with Crippen LogP contribution in [0, 0.1) is 0 Å². The van der Waals surface area contributed by atoms with E-state index in [4.69, 9.17) is 23.2 Å². The minimum absolute atomic E-state index is 0.0631. The average Bonchev–Trinajstić information content (AvgIpc) is 3.36. The summed E-state index contributed by atoms with van der Waals surface area (Å²) < 4.78 is 0. The molecular formula is C26H22Cl2N4O6S. The van der Waals surface area contributed by atoms with Gasteiger partial charge in [0.1, 0.15) is 17.5 Å². The topological polar surface area (TPSA) is 149 Å². The predicted molar refractivity (Wildman–Crippen MR) is 147 cm³/mol. The Balaban J connectivity index is 1.41. The Morgan fingerprint density at radius 3 is 2.23 bits per heavy atom. The number of rotatable bonds is 8. The summed E-state index contributed by atoms with van der Waals surface area (Å²) in [6, 6.07) is 12.1. The van der Waals surface area contributed by atoms with Crippen molar-refractivity contribution in [1.29, 1.82) is 0 Å². The molecule has 1 fully saturated rings. The van der Waals surface area contributed by atoms with Gasteiger partial charge in [-0.05, 0) is 47.5 Å². The molecule has 3 atom stereocenters. The monoisotopic (exact) mass is 588 g/mol. The van der Waals surface area contributed by atoms with E-state index in [0.717, 1.165) is 4.90 Å². The molecular weight excluding hydrogens is 567 g/mol. The van der Waals surface area contributed by atoms with E-state index < -0.39 is 41.3 Å². The molecule has 0 aliphatic carbocycles. The summed E-state index contributed by atoms with van der Waals surface area (Å²) in [6.45, 7) is 0. The van der Waals surface area contributed by atoms with Crippen LogP contribution in [0.4, 0.5) is 10.5 Å². The molecule has 4 rings (SSSR count). The second-order valence-corrected chi connectivity index (χ2v) is 10.5. The van der Waals surface area contributed by atoms with Crippen molar-refractivity contribution in [2.45, 2.75) is 23.9 Å². The van der Waals surface area contributed by atoms with E-state index in [2.05, 4.69) is 15.6 Å². The summed E-state index contributed by atoms with van der Waals surface area (Å²) in [5.74, 6) is -2.31. The quantitative estimate of drug-likeness (QED) is 0.299. The second-order valence-electron chi connectivity index (χ2n) is 8.52. The standard InChI is InChI=1S/C26H22Cl2N4O6S/c27-17-2-1-3-18(28)21(17)23(34)30-16-6-4-14(5-7-16)12-19(25(35)36)31-22(33)20-13-39-24(32(20)26(37)38)15-8-10-29-11-9-15/h1-11,19-20,24H,12-13H2,(H,30,34)(H,31,33)(H,35,36)(H,37,38)/t19-,20+,24?/m0/s1. The molecule has 13 heteroatoms. The molecule has 202 valence electrons. The van der Waals surface area contributed by atoms with E-state index in [1.54, 1.807) is 54.6 Å². The SMILES string of the molecule is O=C(Nc1ccc(C[C@H](NC(=O)[C@H]2CSC(c3ccncc3)N2C(=O)O)C(=O)O)cc1)c1c(Cl)cccc1Cl. The lowest BCUT2D eigenvalue weighted by Gasteiger charge is -2.27. The molecule has 3 amide bonds. The van der Waals surface area contributed by atoms with Gasteiger partial charge in [0.15, 0.2) is 0 Å². The number of carboxylic acids is 1. The molecule has 1 aliphatic heterocycles. The zero-order chi connectivity index (χ0) is 28.1. The van der Waals surface area contributed by atoms with Gasteiger partial charge in [-0.1, -0.05) is 41.4 Å². The van der Waals surface area contributed by atoms with Crippen molar-refractivity contribution in [3.63, 3.8) is 0 Å². The van der Waals surface area contributed by atoms with Crippen molar-refractivity contribution in [1.82, 2.24) is 15.2 Å². The number of nitrogens with one attached hydrogen (secondary N) is 2. The van der Waals surface area contributed by atoms with Gasteiger partial charge in [-0.25, -0.2) is 9.59 Å². The summed E-state index contributed by atoms with van der Waals surface area (Å²) in [6.07, 6.45) is 1.72. The third-order valence-electron chi connectivity index (χ3n) is 5.97. The number of halogens is 2. The van der Waals surface area contributed by atoms with Gasteiger partial charge in [-0.2, -0.15) is 0 Å². The molecule has 0 saturated carbocycles. The zero-order valence-electron chi connectivity index (χ0n) is 20.1. The molecule has 1 aromatic heterocycles. The Bertz CT molecular complexity index is 1370. The second kappa shape index (κ2) is 12.4. The lowest BCUT2D eigenvalue weighted by Crippen LogP contribution is -2.52. The van der Waals surface area contributed by atoms with Gasteiger partial charge < -0.3 is 20.8 Å². The van der Waals surface area contributed by atoms with Crippen molar-refractivity contribution in [3.05, 3.63) is 93.7 Å². The number of carbonyl (C=O) groups excluding carboxylic acids is 2. The molecule has 0 spiro atoms. The fraction of sp³-hybridized carbons (Fsp3) is 0.192. The number of thioether (sulfide) groups is 1. The number of hydrogen-bond donors (Lipinski definition) is 4. The summed E-state index contributed by atoms with van der Waals surface area (Å²) in [7, 11) is 0. The van der Waals surface area contributed by atoms with Crippen LogP contribution in [0.3, 0.4) is 0 Å². The van der Waals surface area contributed by atoms with Crippen LogP contribution in [0.15, 0.2) is 67.0 Å². The number of aliphatic carboxylic acids is 1. The van der Waals surface area contributed by atoms with Crippen LogP contribution >= 0.6 is 35.0 Å². The van der Waals surface area contributed by atoms with Crippen LogP contribution in [0.1, 0.15) is 26.9 Å². The molecule has 1 aliphatic rings. The van der Waals surface area contributed by atoms with Crippen LogP contribution in [-0.4, -0.2) is 61.8 Å². The van der Waals surface area contributed by atoms with Gasteiger partial charge in [0.2, 0.25) is 5.91 Å². The van der Waals surface area contributed by atoms with Crippen LogP contribution in [0.5, 0.6) is 0 Å². The highest BCUT2D eigenvalue weighted by Gasteiger charge is 2.43. The maximum absolute atomic E-state index is 13.0. The van der Waals surface area contributed by atoms with E-state index in [9.17, 15) is 29.4 Å². The molecule has 1 unspecified atom stereocenters. The molecule has 4 N–H and O–H groups in total. The maximum atomic E-state index is 13.0. The lowest BCUT2D eigenvalue weighted by molar-refractivity contribution is -0.142. The van der Waals surface area contributed by atoms with Crippen LogP contribution < -0.4 is 10.6 Å². The third kappa shape index (κ3) is 6.62. The first-order valence-corrected chi connectivity index (χ1v) is 13.4. The molecule has 39 heavy (non-hydrogen) atoms. The van der Waals surface area contributed by atoms with Crippen LogP contribution in [0.25, 0.3) is 0 Å². The first kappa shape index (κ1) is 28.2. The minimum Gasteiger partial charge on any atom is -0.480 e. The van der Waals surface area contributed by atoms with Gasteiger partial charge in [-0.3, -0.25) is 19.5 Å². The number of nitrogens with zero attached hydrogens (tertiary/aromatic N) is 2. The summed E-state index contributed by atoms with van der Waals surface area (Å²) in [4.78, 5) is 54.5. The van der Waals surface area contributed by atoms with E-state index >= 15 is 0 Å². The Kier molecular flexibility index (Phi) is 8.95. The normalized spacial score (nSPS) is 17.3. The molecule has 10 nitrogen and oxygen atoms in total. The maximum Gasteiger partial charge on any atom is 0.409 e. The van der Waals surface area contributed by atoms with Crippen LogP contribution in [0.2, 0.25) is 10.0 Å². The predicted octanol–water partition coefficient (Wildman–Crippen LogP) is 4.55. The molecule has 2 heterocycles. The summed E-state index contributed by atoms with van der Waals surface area (Å²) in [5.41, 5.74) is 1.80. The number of amides is 3. The Morgan fingerprint density at radius 1 is 1.00 bits per heavy atom. The average molecular weight is 589 g/mol. The van der Waals surface area contributed by atoms with E-state index in [1.165, 1.54) is 24.2 Å². The fourth-order valence-electron chi connectivity index (χ4n) is 4.06. The Morgan fingerprint density at radius 2 is 1.64 bits per heavy atom. The highest BCUT2D eigenvalue weighted by Crippen LogP contribution is 2.41. The van der Waals surface area contributed by atoms with Gasteiger partial charge in [0.25, 0.3) is 5.91 Å². The van der Waals surface area contributed by atoms with Crippen molar-refractivity contribution >= 4 is 64.5 Å². The van der Waals surface area contributed by atoms with Gasteiger partial charge in [0.05, 0.1) is 15.6 Å². The van der Waals surface area contributed by atoms with Crippen molar-refractivity contribution in [3.8, 4) is 0 Å². The first-order valence-electron chi connectivity index (χ1n) is 11.6. The Labute approximate surface area is 237 Å². The van der Waals surface area contributed by atoms with Gasteiger partial charge in [-0.15, -0.1) is 11.8 Å². The number of carbonyl (C=O) groups is 4. The van der Waals surface area contributed by atoms with E-state index in [0.29, 0.717) is 16.8 Å². The third-order valence-corrected chi connectivity index (χ3v) is 7.92. The van der Waals surface area contributed by atoms with Crippen molar-refractivity contribution < 1.29 is 29.4 Å². The van der Waals surface area contributed by atoms with Crippen molar-refractivity contribution in [2.75, 3.05) is 11.1 Å². The van der Waals surface area contributed by atoms with E-state index in [-0.39, 0.29) is 27.8 Å². The highest BCUT2D eigenvalue weighted by molar-refractivity contribution is 7.99. The number of benzene rings is 2. The summed E-state index contributed by atoms with van der Waals surface area (Å²) >= 11 is 13.4. The largest absolute Gasteiger partial charge is 0.480 e. The van der Waals surface area contributed by atoms with Gasteiger partial charge >= 0.3 is 12.1 Å². The molecule has 0 radical (unpaired) electrons.